The Morgan fingerprint density at radius 1 is 0.800 bits per heavy atom. The second kappa shape index (κ2) is 5.10. The van der Waals surface area contributed by atoms with E-state index in [0.717, 1.165) is 22.6 Å². The van der Waals surface area contributed by atoms with E-state index in [4.69, 9.17) is 0 Å². The van der Waals surface area contributed by atoms with Gasteiger partial charge in [0.2, 0.25) is 0 Å². The van der Waals surface area contributed by atoms with Gasteiger partial charge in [-0.3, -0.25) is 0 Å². The van der Waals surface area contributed by atoms with Crippen LogP contribution >= 0.6 is 0 Å². The van der Waals surface area contributed by atoms with E-state index in [2.05, 4.69) is 24.3 Å². The minimum absolute atomic E-state index is 0.207. The van der Waals surface area contributed by atoms with Crippen LogP contribution < -0.4 is 0 Å². The molecule has 1 aromatic carbocycles. The molecule has 0 spiro atoms. The zero-order valence-corrected chi connectivity index (χ0v) is 13.0. The summed E-state index contributed by atoms with van der Waals surface area (Å²) in [5.74, 6) is -0.435. The van der Waals surface area contributed by atoms with Crippen molar-refractivity contribution in [1.82, 2.24) is 3.82 Å². The van der Waals surface area contributed by atoms with Gasteiger partial charge in [0.15, 0.2) is 0 Å². The van der Waals surface area contributed by atoms with Gasteiger partial charge in [-0.1, -0.05) is 18.2 Å². The van der Waals surface area contributed by atoms with Crippen LogP contribution in [0.5, 0.6) is 0 Å². The normalized spacial score (nSPS) is 14.7. The van der Waals surface area contributed by atoms with Gasteiger partial charge in [-0.15, -0.1) is 0 Å². The van der Waals surface area contributed by atoms with Crippen molar-refractivity contribution in [2.45, 2.75) is 0 Å². The van der Waals surface area contributed by atoms with Gasteiger partial charge in [0.25, 0.3) is 0 Å². The third-order valence-corrected chi connectivity index (χ3v) is 4.18. The molecule has 3 aliphatic rings. The van der Waals surface area contributed by atoms with Crippen LogP contribution in [0.25, 0.3) is 16.7 Å². The molecule has 98 valence electrons. The van der Waals surface area contributed by atoms with E-state index in [1.165, 1.54) is 21.0 Å². The Bertz CT molecular complexity index is 705. The average Bonchev–Trinajstić information content (AvgIpc) is 3.00. The molecular formula is C16H12AsNO2. The zero-order valence-electron chi connectivity index (χ0n) is 10.6. The van der Waals surface area contributed by atoms with Crippen molar-refractivity contribution >= 4 is 34.5 Å². The molecule has 20 heavy (non-hydrogen) atoms. The molecule has 2 aliphatic carbocycles. The van der Waals surface area contributed by atoms with Gasteiger partial charge in [-0.25, -0.2) is 0 Å². The van der Waals surface area contributed by atoms with Crippen LogP contribution in [-0.4, -0.2) is 32.7 Å². The second-order valence-electron chi connectivity index (χ2n) is 4.52. The van der Waals surface area contributed by atoms with Crippen LogP contribution in [0.3, 0.4) is 0 Å². The van der Waals surface area contributed by atoms with Crippen molar-refractivity contribution in [1.29, 1.82) is 0 Å². The number of imide groups is 1. The summed E-state index contributed by atoms with van der Waals surface area (Å²) < 4.78 is 1.18. The molecule has 0 fully saturated rings. The fourth-order valence-corrected chi connectivity index (χ4v) is 2.43. The predicted molar refractivity (Wildman–Crippen MR) is 80.3 cm³/mol. The molecule has 4 rings (SSSR count). The molecule has 4 heteroatoms. The number of benzene rings is 2. The van der Waals surface area contributed by atoms with Crippen LogP contribution in [0.2, 0.25) is 0 Å². The van der Waals surface area contributed by atoms with Gasteiger partial charge < -0.3 is 0 Å². The fourth-order valence-electron chi connectivity index (χ4n) is 1.98. The van der Waals surface area contributed by atoms with Gasteiger partial charge in [0, 0.05) is 0 Å². The van der Waals surface area contributed by atoms with E-state index in [0.29, 0.717) is 5.57 Å². The molecule has 0 saturated carbocycles. The number of carbonyl (C=O) groups is 2. The number of hydrogen-bond acceptors (Lipinski definition) is 2. The Labute approximate surface area is 125 Å². The van der Waals surface area contributed by atoms with E-state index >= 15 is 0 Å². The maximum Gasteiger partial charge on any atom is -0.0178 e. The van der Waals surface area contributed by atoms with Gasteiger partial charge >= 0.3 is 89.8 Å². The summed E-state index contributed by atoms with van der Waals surface area (Å²) in [6.07, 6.45) is 1.39. The zero-order chi connectivity index (χ0) is 14.1. The van der Waals surface area contributed by atoms with Crippen molar-refractivity contribution < 1.29 is 9.59 Å². The summed E-state index contributed by atoms with van der Waals surface area (Å²) in [7, 11) is 0. The van der Waals surface area contributed by atoms with Gasteiger partial charge in [0.1, 0.15) is 0 Å². The molecule has 0 N–H and O–H groups in total. The molecule has 1 heterocycles. The maximum atomic E-state index is 11.6. The third kappa shape index (κ3) is 2.45. The molecule has 3 nitrogen and oxygen atoms in total. The Balaban J connectivity index is 0.000000165. The smallest absolute Gasteiger partial charge is 0.0178 e. The molecule has 1 unspecified atom stereocenters. The van der Waals surface area contributed by atoms with E-state index < -0.39 is 0 Å². The summed E-state index contributed by atoms with van der Waals surface area (Å²) in [5.41, 5.74) is 4.14. The van der Waals surface area contributed by atoms with E-state index in [-0.39, 0.29) is 11.8 Å². The Hall–Kier alpha value is -2.12. The van der Waals surface area contributed by atoms with Crippen molar-refractivity contribution in [2.75, 3.05) is 0 Å². The van der Waals surface area contributed by atoms with Crippen molar-refractivity contribution in [3.63, 3.8) is 0 Å². The topological polar surface area (TPSA) is 37.4 Å². The number of rotatable bonds is 1. The number of hydrogen-bond donors (Lipinski definition) is 0. The van der Waals surface area contributed by atoms with Crippen LogP contribution in [0.1, 0.15) is 5.56 Å². The van der Waals surface area contributed by atoms with Gasteiger partial charge in [-0.2, -0.15) is 0 Å². The van der Waals surface area contributed by atoms with Crippen LogP contribution in [0.4, 0.5) is 0 Å². The molecule has 0 bridgehead atoms. The molecule has 1 atom stereocenters. The Kier molecular flexibility index (Phi) is 3.29. The molecule has 0 saturated heterocycles. The number of amides is 2. The molecular weight excluding hydrogens is 313 g/mol. The standard InChI is InChI=1S/C10H8AsNO2.C6H4/c11-12-9(13)6-8(10(12)14)7-4-2-1-3-5-7;1-2-5-4-6(5)3-1/h1-6H,11H2;1-4H. The first-order valence-electron chi connectivity index (χ1n) is 6.17. The van der Waals surface area contributed by atoms with Crippen molar-refractivity contribution in [3.05, 3.63) is 66.2 Å². The van der Waals surface area contributed by atoms with E-state index in [9.17, 15) is 9.59 Å². The van der Waals surface area contributed by atoms with Crippen LogP contribution in [-0.2, 0) is 9.59 Å². The molecule has 2 amide bonds. The summed E-state index contributed by atoms with van der Waals surface area (Å²) in [6.45, 7) is 0. The largest absolute Gasteiger partial charge is 0.0610 e. The van der Waals surface area contributed by atoms with Crippen molar-refractivity contribution in [2.24, 2.45) is 0 Å². The number of nitrogens with zero attached hydrogens (tertiary/aromatic N) is 1. The van der Waals surface area contributed by atoms with E-state index in [1.54, 1.807) is 0 Å². The Morgan fingerprint density at radius 3 is 1.80 bits per heavy atom. The third-order valence-electron chi connectivity index (χ3n) is 3.15. The monoisotopic (exact) mass is 325 g/mol. The first kappa shape index (κ1) is 12.9. The van der Waals surface area contributed by atoms with E-state index in [1.807, 2.05) is 30.3 Å². The predicted octanol–water partition coefficient (Wildman–Crippen LogP) is 1.65. The van der Waals surface area contributed by atoms with Gasteiger partial charge in [-0.05, 0) is 17.2 Å². The second-order valence-corrected chi connectivity index (χ2v) is 5.60. The summed E-state index contributed by atoms with van der Waals surface area (Å²) in [5, 5.41) is 0. The Morgan fingerprint density at radius 2 is 1.40 bits per heavy atom. The quantitative estimate of drug-likeness (QED) is 0.504. The molecule has 0 radical (unpaired) electrons. The first-order valence-corrected chi connectivity index (χ1v) is 7.26. The minimum atomic E-state index is -0.228. The molecule has 0 aromatic heterocycles. The average molecular weight is 325 g/mol. The fraction of sp³-hybridized carbons (Fsp3) is 0. The summed E-state index contributed by atoms with van der Waals surface area (Å²) in [6, 6.07) is 17.7. The molecule has 1 aromatic rings. The molecule has 1 aliphatic heterocycles. The summed E-state index contributed by atoms with van der Waals surface area (Å²) in [4.78, 5) is 22.8. The van der Waals surface area contributed by atoms with Crippen molar-refractivity contribution in [3.8, 4) is 11.1 Å². The number of fused-ring (bicyclic) bond motifs is 1. The summed E-state index contributed by atoms with van der Waals surface area (Å²) >= 11 is 1.01. The number of carbonyl (C=O) groups excluding carboxylic acids is 2. The minimum Gasteiger partial charge on any atom is -0.0610 e. The van der Waals surface area contributed by atoms with Gasteiger partial charge in [0.05, 0.1) is 0 Å². The SMILES string of the molecule is O=C1C=C(c2ccccc2)C(=O)N1[AsH2].c1cc2cc-2c1. The van der Waals surface area contributed by atoms with Crippen LogP contribution in [0, 0.1) is 0 Å². The first-order chi connectivity index (χ1) is 9.66. The maximum absolute atomic E-state index is 11.6. The van der Waals surface area contributed by atoms with Crippen LogP contribution in [0.15, 0.2) is 60.7 Å².